The van der Waals surface area contributed by atoms with Crippen molar-refractivity contribution in [1.82, 2.24) is 4.98 Å². The number of ether oxygens (including phenoxy) is 2. The molecule has 1 fully saturated rings. The number of Topliss-reactive ketones (excluding diaryl/α,β-unsaturated/α-hetero) is 1. The van der Waals surface area contributed by atoms with Crippen molar-refractivity contribution in [1.29, 1.82) is 0 Å². The molecule has 1 saturated heterocycles. The number of rotatable bonds is 7. The van der Waals surface area contributed by atoms with Gasteiger partial charge in [0, 0.05) is 21.0 Å². The van der Waals surface area contributed by atoms with E-state index in [1.807, 2.05) is 25.1 Å². The van der Waals surface area contributed by atoms with Gasteiger partial charge in [0.15, 0.2) is 6.10 Å². The summed E-state index contributed by atoms with van der Waals surface area (Å²) in [6.45, 7) is 3.50. The standard InChI is InChI=1S/C35H29BrN2O6/c1-19-5-4-6-26-31(19)34(41)38(33(26)40)24-12-7-21(8-13-24)30-18-28(27-17-23(36)11-16-29(27)37-30)35(42)44-20(2)32(39)22-9-14-25(43-3)15-10-22/h4-5,7-20,26,31H,6H2,1-3H3. The molecule has 0 bridgehead atoms. The van der Waals surface area contributed by atoms with Gasteiger partial charge in [0.25, 0.3) is 0 Å². The van der Waals surface area contributed by atoms with Crippen molar-refractivity contribution in [3.05, 3.63) is 101 Å². The number of anilines is 1. The van der Waals surface area contributed by atoms with Crippen LogP contribution < -0.4 is 9.64 Å². The summed E-state index contributed by atoms with van der Waals surface area (Å²) < 4.78 is 11.6. The molecule has 2 amide bonds. The number of pyridine rings is 1. The first-order valence-corrected chi connectivity index (χ1v) is 15.1. The van der Waals surface area contributed by atoms with Gasteiger partial charge >= 0.3 is 5.97 Å². The second-order valence-corrected chi connectivity index (χ2v) is 12.0. The highest BCUT2D eigenvalue weighted by Crippen LogP contribution is 2.41. The maximum Gasteiger partial charge on any atom is 0.339 e. The van der Waals surface area contributed by atoms with Gasteiger partial charge in [-0.2, -0.15) is 0 Å². The van der Waals surface area contributed by atoms with Crippen LogP contribution in [0.4, 0.5) is 5.69 Å². The lowest BCUT2D eigenvalue weighted by Crippen LogP contribution is -2.31. The van der Waals surface area contributed by atoms with E-state index in [-0.39, 0.29) is 40.9 Å². The number of hydrogen-bond donors (Lipinski definition) is 0. The first-order chi connectivity index (χ1) is 21.2. The average molecular weight is 654 g/mol. The van der Waals surface area contributed by atoms with Gasteiger partial charge in [-0.15, -0.1) is 0 Å². The fourth-order valence-corrected chi connectivity index (χ4v) is 6.33. The van der Waals surface area contributed by atoms with Crippen LogP contribution in [0.15, 0.2) is 89.4 Å². The van der Waals surface area contributed by atoms with E-state index in [1.165, 1.54) is 11.8 Å². The molecular weight excluding hydrogens is 624 g/mol. The van der Waals surface area contributed by atoms with Crippen molar-refractivity contribution in [2.24, 2.45) is 17.8 Å². The number of imide groups is 1. The highest BCUT2D eigenvalue weighted by Gasteiger charge is 2.50. The van der Waals surface area contributed by atoms with E-state index in [2.05, 4.69) is 15.9 Å². The van der Waals surface area contributed by atoms with Crippen molar-refractivity contribution < 1.29 is 28.7 Å². The summed E-state index contributed by atoms with van der Waals surface area (Å²) in [5, 5.41) is 0.562. The van der Waals surface area contributed by atoms with Crippen molar-refractivity contribution in [3.63, 3.8) is 0 Å². The highest BCUT2D eigenvalue weighted by molar-refractivity contribution is 9.10. The van der Waals surface area contributed by atoms with Gasteiger partial charge in [-0.05, 0) is 79.9 Å². The molecule has 1 aromatic heterocycles. The lowest BCUT2D eigenvalue weighted by Gasteiger charge is -2.22. The first kappa shape index (κ1) is 29.4. The van der Waals surface area contributed by atoms with E-state index in [9.17, 15) is 19.2 Å². The number of methoxy groups -OCH3 is 1. The summed E-state index contributed by atoms with van der Waals surface area (Å²) in [6.07, 6.45) is 3.51. The van der Waals surface area contributed by atoms with Gasteiger partial charge in [-0.25, -0.2) is 9.78 Å². The van der Waals surface area contributed by atoms with Gasteiger partial charge in [0.1, 0.15) is 5.75 Å². The van der Waals surface area contributed by atoms with Gasteiger partial charge in [-0.3, -0.25) is 19.3 Å². The van der Waals surface area contributed by atoms with E-state index >= 15 is 0 Å². The summed E-state index contributed by atoms with van der Waals surface area (Å²) in [7, 11) is 1.54. The maximum atomic E-state index is 13.5. The monoisotopic (exact) mass is 652 g/mol. The minimum absolute atomic E-state index is 0.00343. The summed E-state index contributed by atoms with van der Waals surface area (Å²) in [6, 6.07) is 20.6. The number of aromatic nitrogens is 1. The summed E-state index contributed by atoms with van der Waals surface area (Å²) in [5.41, 5.74) is 2.89. The van der Waals surface area contributed by atoms with E-state index in [0.29, 0.717) is 45.6 Å². The predicted molar refractivity (Wildman–Crippen MR) is 169 cm³/mol. The molecule has 0 N–H and O–H groups in total. The Morgan fingerprint density at radius 3 is 2.39 bits per heavy atom. The van der Waals surface area contributed by atoms with Crippen LogP contribution in [0.25, 0.3) is 22.2 Å². The molecule has 4 aromatic rings. The van der Waals surface area contributed by atoms with Gasteiger partial charge in [-0.1, -0.05) is 47.1 Å². The fraction of sp³-hybridized carbons (Fsp3) is 0.229. The topological polar surface area (TPSA) is 103 Å². The zero-order valence-electron chi connectivity index (χ0n) is 24.3. The Labute approximate surface area is 262 Å². The number of esters is 1. The van der Waals surface area contributed by atoms with Gasteiger partial charge in [0.2, 0.25) is 17.6 Å². The van der Waals surface area contributed by atoms with Crippen molar-refractivity contribution in [2.45, 2.75) is 26.4 Å². The number of carbonyl (C=O) groups excluding carboxylic acids is 4. The van der Waals surface area contributed by atoms with Crippen LogP contribution in [-0.2, 0) is 14.3 Å². The Hall–Kier alpha value is -4.63. The summed E-state index contributed by atoms with van der Waals surface area (Å²) >= 11 is 3.46. The van der Waals surface area contributed by atoms with Crippen molar-refractivity contribution >= 4 is 56.1 Å². The zero-order valence-corrected chi connectivity index (χ0v) is 25.9. The molecule has 222 valence electrons. The first-order valence-electron chi connectivity index (χ1n) is 14.3. The fourth-order valence-electron chi connectivity index (χ4n) is 5.97. The van der Waals surface area contributed by atoms with Crippen molar-refractivity contribution in [2.75, 3.05) is 12.0 Å². The van der Waals surface area contributed by atoms with Crippen molar-refractivity contribution in [3.8, 4) is 17.0 Å². The summed E-state index contributed by atoms with van der Waals surface area (Å²) in [4.78, 5) is 59.0. The molecule has 0 saturated carbocycles. The van der Waals surface area contributed by atoms with E-state index < -0.39 is 12.1 Å². The highest BCUT2D eigenvalue weighted by atomic mass is 79.9. The number of ketones is 1. The Morgan fingerprint density at radius 1 is 0.977 bits per heavy atom. The molecule has 9 heteroatoms. The number of halogens is 1. The Bertz CT molecular complexity index is 1830. The van der Waals surface area contributed by atoms with Crippen LogP contribution >= 0.6 is 15.9 Å². The van der Waals surface area contributed by atoms with E-state index in [0.717, 1.165) is 4.47 Å². The maximum absolute atomic E-state index is 13.5. The SMILES string of the molecule is COc1ccc(C(=O)C(C)OC(=O)c2cc(-c3ccc(N4C(=O)C5CC=CC(C)C5C4=O)cc3)nc3ccc(Br)cc23)cc1. The predicted octanol–water partition coefficient (Wildman–Crippen LogP) is 6.80. The molecule has 44 heavy (non-hydrogen) atoms. The quantitative estimate of drug-likeness (QED) is 0.0936. The van der Waals surface area contributed by atoms with Crippen LogP contribution in [-0.4, -0.2) is 41.8 Å². The lowest BCUT2D eigenvalue weighted by atomic mass is 9.78. The van der Waals surface area contributed by atoms with Crippen LogP contribution in [0.2, 0.25) is 0 Å². The molecule has 2 heterocycles. The zero-order chi connectivity index (χ0) is 31.1. The Balaban J connectivity index is 1.29. The number of fused-ring (bicyclic) bond motifs is 2. The normalized spacial score (nSPS) is 20.0. The molecule has 1 aliphatic carbocycles. The molecule has 1 aliphatic heterocycles. The minimum Gasteiger partial charge on any atom is -0.497 e. The van der Waals surface area contributed by atoms with Crippen LogP contribution in [0.5, 0.6) is 5.75 Å². The minimum atomic E-state index is -1.04. The molecule has 6 rings (SSSR count). The number of hydrogen-bond acceptors (Lipinski definition) is 7. The van der Waals surface area contributed by atoms with E-state index in [4.69, 9.17) is 14.5 Å². The lowest BCUT2D eigenvalue weighted by molar-refractivity contribution is -0.122. The van der Waals surface area contributed by atoms with Gasteiger partial charge in [0.05, 0.1) is 41.4 Å². The van der Waals surface area contributed by atoms with Gasteiger partial charge < -0.3 is 9.47 Å². The number of benzene rings is 3. The molecule has 8 nitrogen and oxygen atoms in total. The smallest absolute Gasteiger partial charge is 0.339 e. The number of amides is 2. The number of nitrogens with zero attached hydrogens (tertiary/aromatic N) is 2. The second-order valence-electron chi connectivity index (χ2n) is 11.1. The molecule has 4 atom stereocenters. The molecule has 3 aromatic carbocycles. The molecule has 0 radical (unpaired) electrons. The number of allylic oxidation sites excluding steroid dienone is 2. The van der Waals surface area contributed by atoms with Crippen LogP contribution in [0.3, 0.4) is 0 Å². The van der Waals surface area contributed by atoms with Crippen LogP contribution in [0.1, 0.15) is 41.0 Å². The third-order valence-corrected chi connectivity index (χ3v) is 8.81. The molecular formula is C35H29BrN2O6. The largest absolute Gasteiger partial charge is 0.497 e. The Morgan fingerprint density at radius 2 is 1.70 bits per heavy atom. The number of carbonyl (C=O) groups is 4. The van der Waals surface area contributed by atoms with E-state index in [1.54, 1.807) is 73.8 Å². The second kappa shape index (κ2) is 11.8. The average Bonchev–Trinajstić information content (AvgIpc) is 3.30. The molecule has 2 aliphatic rings. The third-order valence-electron chi connectivity index (χ3n) is 8.31. The third kappa shape index (κ3) is 5.32. The summed E-state index contributed by atoms with van der Waals surface area (Å²) in [5.74, 6) is -1.43. The molecule has 4 unspecified atom stereocenters. The van der Waals surface area contributed by atoms with Crippen LogP contribution in [0, 0.1) is 17.8 Å². The molecule has 0 spiro atoms. The Kier molecular flexibility index (Phi) is 7.90.